The molecule has 3 amide bonds. The molecule has 1 heterocycles. The zero-order valence-electron chi connectivity index (χ0n) is 14.0. The van der Waals surface area contributed by atoms with Gasteiger partial charge in [-0.15, -0.1) is 10.2 Å². The van der Waals surface area contributed by atoms with Crippen molar-refractivity contribution in [2.45, 2.75) is 31.3 Å². The molecule has 0 fully saturated rings. The first-order valence-electron chi connectivity index (χ1n) is 7.37. The summed E-state index contributed by atoms with van der Waals surface area (Å²) in [6, 6.07) is 4.83. The van der Waals surface area contributed by atoms with Crippen molar-refractivity contribution < 1.29 is 14.0 Å². The number of aromatic nitrogens is 3. The van der Waals surface area contributed by atoms with Crippen molar-refractivity contribution in [3.63, 3.8) is 0 Å². The molecule has 2 aromatic rings. The number of rotatable bonds is 4. The van der Waals surface area contributed by atoms with Crippen molar-refractivity contribution in [3.8, 4) is 0 Å². The van der Waals surface area contributed by atoms with Crippen LogP contribution in [0, 0.1) is 5.82 Å². The van der Waals surface area contributed by atoms with Crippen LogP contribution in [0.4, 0.5) is 14.9 Å². The van der Waals surface area contributed by atoms with Crippen LogP contribution in [-0.4, -0.2) is 32.6 Å². The number of hydrogen-bond donors (Lipinski definition) is 3. The number of nitrogens with two attached hydrogens (primary N) is 1. The number of hydrogen-bond acceptors (Lipinski definition) is 6. The van der Waals surface area contributed by atoms with Gasteiger partial charge < -0.3 is 11.2 Å². The summed E-state index contributed by atoms with van der Waals surface area (Å²) in [6.45, 7) is 5.82. The SMILES string of the molecule is CC(C)(C)c1nnc(SCC(=O)NC(=O)Nc2ccccc2F)n1N. The number of nitrogens with one attached hydrogen (secondary N) is 2. The highest BCUT2D eigenvalue weighted by Crippen LogP contribution is 2.23. The van der Waals surface area contributed by atoms with Gasteiger partial charge in [0.1, 0.15) is 5.82 Å². The summed E-state index contributed by atoms with van der Waals surface area (Å²) in [5.41, 5.74) is -0.306. The van der Waals surface area contributed by atoms with E-state index >= 15 is 0 Å². The lowest BCUT2D eigenvalue weighted by atomic mass is 9.96. The first kappa shape index (κ1) is 18.7. The Labute approximate surface area is 148 Å². The molecule has 0 atom stereocenters. The van der Waals surface area contributed by atoms with E-state index in [2.05, 4.69) is 20.8 Å². The van der Waals surface area contributed by atoms with Gasteiger partial charge >= 0.3 is 6.03 Å². The van der Waals surface area contributed by atoms with Crippen LogP contribution in [0.25, 0.3) is 0 Å². The number of urea groups is 1. The minimum absolute atomic E-state index is 0.0167. The molecule has 0 radical (unpaired) electrons. The van der Waals surface area contributed by atoms with E-state index in [0.717, 1.165) is 11.8 Å². The molecule has 0 aliphatic heterocycles. The molecule has 0 aliphatic carbocycles. The van der Waals surface area contributed by atoms with Gasteiger partial charge in [-0.05, 0) is 12.1 Å². The molecular formula is C15H19FN6O2S. The summed E-state index contributed by atoms with van der Waals surface area (Å²) < 4.78 is 14.8. The zero-order valence-corrected chi connectivity index (χ0v) is 14.9. The number of thioether (sulfide) groups is 1. The fourth-order valence-corrected chi connectivity index (χ4v) is 2.55. The lowest BCUT2D eigenvalue weighted by molar-refractivity contribution is -0.117. The van der Waals surface area contributed by atoms with Crippen LogP contribution >= 0.6 is 11.8 Å². The van der Waals surface area contributed by atoms with E-state index in [1.807, 2.05) is 20.8 Å². The van der Waals surface area contributed by atoms with Crippen LogP contribution in [0.1, 0.15) is 26.6 Å². The van der Waals surface area contributed by atoms with E-state index in [4.69, 9.17) is 5.84 Å². The van der Waals surface area contributed by atoms with Crippen molar-refractivity contribution in [3.05, 3.63) is 35.9 Å². The van der Waals surface area contributed by atoms with Gasteiger partial charge in [-0.3, -0.25) is 10.1 Å². The van der Waals surface area contributed by atoms with Gasteiger partial charge in [0.05, 0.1) is 11.4 Å². The van der Waals surface area contributed by atoms with E-state index in [9.17, 15) is 14.0 Å². The number of carbonyl (C=O) groups excluding carboxylic acids is 2. The van der Waals surface area contributed by atoms with Crippen molar-refractivity contribution >= 4 is 29.4 Å². The summed E-state index contributed by atoms with van der Waals surface area (Å²) in [5, 5.41) is 12.7. The third kappa shape index (κ3) is 4.92. The number of carbonyl (C=O) groups is 2. The molecule has 1 aromatic heterocycles. The lowest BCUT2D eigenvalue weighted by Gasteiger charge is -2.16. The fourth-order valence-electron chi connectivity index (χ4n) is 1.90. The second-order valence-corrected chi connectivity index (χ2v) is 7.14. The molecule has 0 unspecified atom stereocenters. The maximum absolute atomic E-state index is 13.4. The Balaban J connectivity index is 1.88. The van der Waals surface area contributed by atoms with Gasteiger partial charge in [0.25, 0.3) is 0 Å². The maximum atomic E-state index is 13.4. The molecule has 134 valence electrons. The van der Waals surface area contributed by atoms with Gasteiger partial charge in [-0.1, -0.05) is 44.7 Å². The molecule has 2 rings (SSSR count). The van der Waals surface area contributed by atoms with Gasteiger partial charge in [-0.25, -0.2) is 13.9 Å². The van der Waals surface area contributed by atoms with Crippen LogP contribution < -0.4 is 16.5 Å². The number of amides is 3. The minimum atomic E-state index is -0.819. The molecular weight excluding hydrogens is 347 g/mol. The minimum Gasteiger partial charge on any atom is -0.336 e. The summed E-state index contributed by atoms with van der Waals surface area (Å²) in [4.78, 5) is 23.5. The second kappa shape index (κ2) is 7.51. The lowest BCUT2D eigenvalue weighted by Crippen LogP contribution is -2.35. The molecule has 0 saturated heterocycles. The molecule has 25 heavy (non-hydrogen) atoms. The molecule has 4 N–H and O–H groups in total. The van der Waals surface area contributed by atoms with Crippen molar-refractivity contribution in [1.29, 1.82) is 0 Å². The number of nitrogens with zero attached hydrogens (tertiary/aromatic N) is 3. The number of para-hydroxylation sites is 1. The summed E-state index contributed by atoms with van der Waals surface area (Å²) in [6.07, 6.45) is 0. The predicted octanol–water partition coefficient (Wildman–Crippen LogP) is 1.87. The predicted molar refractivity (Wildman–Crippen MR) is 93.2 cm³/mol. The topological polar surface area (TPSA) is 115 Å². The van der Waals surface area contributed by atoms with Gasteiger partial charge in [-0.2, -0.15) is 0 Å². The highest BCUT2D eigenvalue weighted by atomic mass is 32.2. The molecule has 8 nitrogen and oxygen atoms in total. The monoisotopic (exact) mass is 366 g/mol. The Morgan fingerprint density at radius 2 is 1.96 bits per heavy atom. The average Bonchev–Trinajstić information content (AvgIpc) is 2.88. The van der Waals surface area contributed by atoms with E-state index in [1.165, 1.54) is 22.9 Å². The Morgan fingerprint density at radius 1 is 1.28 bits per heavy atom. The molecule has 10 heteroatoms. The standard InChI is InChI=1S/C15H19FN6O2S/c1-15(2,3)12-20-21-14(22(12)17)25-8-11(23)19-13(24)18-10-7-5-4-6-9(10)16/h4-7H,8,17H2,1-3H3,(H2,18,19,23,24). The number of imide groups is 1. The molecule has 0 spiro atoms. The van der Waals surface area contributed by atoms with Crippen molar-refractivity contribution in [2.75, 3.05) is 16.9 Å². The van der Waals surface area contributed by atoms with Crippen LogP contribution in [0.2, 0.25) is 0 Å². The number of benzene rings is 1. The summed E-state index contributed by atoms with van der Waals surface area (Å²) in [5.74, 6) is 5.23. The van der Waals surface area contributed by atoms with E-state index in [1.54, 1.807) is 6.07 Å². The third-order valence-corrected chi connectivity index (χ3v) is 3.99. The highest BCUT2D eigenvalue weighted by Gasteiger charge is 2.23. The van der Waals surface area contributed by atoms with Gasteiger partial charge in [0.2, 0.25) is 11.1 Å². The third-order valence-electron chi connectivity index (χ3n) is 3.04. The normalized spacial score (nSPS) is 11.2. The van der Waals surface area contributed by atoms with Crippen LogP contribution in [0.3, 0.4) is 0 Å². The number of halogens is 1. The first-order chi connectivity index (χ1) is 11.7. The summed E-state index contributed by atoms with van der Waals surface area (Å²) >= 11 is 1.04. The van der Waals surface area contributed by atoms with Crippen LogP contribution in [-0.2, 0) is 10.2 Å². The Kier molecular flexibility index (Phi) is 5.62. The largest absolute Gasteiger partial charge is 0.336 e. The molecule has 0 bridgehead atoms. The maximum Gasteiger partial charge on any atom is 0.325 e. The molecule has 0 aliphatic rings. The second-order valence-electron chi connectivity index (χ2n) is 6.20. The Hall–Kier alpha value is -2.62. The van der Waals surface area contributed by atoms with E-state index in [0.29, 0.717) is 11.0 Å². The number of nitrogen functional groups attached to an aromatic ring is 1. The Morgan fingerprint density at radius 3 is 2.56 bits per heavy atom. The quantitative estimate of drug-likeness (QED) is 0.562. The van der Waals surface area contributed by atoms with E-state index in [-0.39, 0.29) is 16.9 Å². The highest BCUT2D eigenvalue weighted by molar-refractivity contribution is 7.99. The first-order valence-corrected chi connectivity index (χ1v) is 8.36. The van der Waals surface area contributed by atoms with Crippen molar-refractivity contribution in [2.24, 2.45) is 0 Å². The summed E-state index contributed by atoms with van der Waals surface area (Å²) in [7, 11) is 0. The number of anilines is 1. The van der Waals surface area contributed by atoms with Gasteiger partial charge in [0.15, 0.2) is 5.82 Å². The Bertz CT molecular complexity index is 787. The smallest absolute Gasteiger partial charge is 0.325 e. The zero-order chi connectivity index (χ0) is 18.6. The molecule has 0 saturated carbocycles. The fraction of sp³-hybridized carbons (Fsp3) is 0.333. The average molecular weight is 366 g/mol. The van der Waals surface area contributed by atoms with Crippen LogP contribution in [0.5, 0.6) is 0 Å². The molecule has 1 aromatic carbocycles. The van der Waals surface area contributed by atoms with Gasteiger partial charge in [0, 0.05) is 5.41 Å². The van der Waals surface area contributed by atoms with E-state index < -0.39 is 17.8 Å². The van der Waals surface area contributed by atoms with Crippen LogP contribution in [0.15, 0.2) is 29.4 Å². The van der Waals surface area contributed by atoms with Crippen molar-refractivity contribution in [1.82, 2.24) is 20.2 Å².